The van der Waals surface area contributed by atoms with Gasteiger partial charge in [-0.3, -0.25) is 0 Å². The van der Waals surface area contributed by atoms with Gasteiger partial charge in [0.2, 0.25) is 5.60 Å². The molecule has 0 spiro atoms. The lowest BCUT2D eigenvalue weighted by atomic mass is 9.85. The highest BCUT2D eigenvalue weighted by Gasteiger charge is 2.56. The average Bonchev–Trinajstić information content (AvgIpc) is 2.38. The maximum Gasteiger partial charge on any atom is 0.425 e. The van der Waals surface area contributed by atoms with Crippen molar-refractivity contribution in [2.45, 2.75) is 11.8 Å². The highest BCUT2D eigenvalue weighted by atomic mass is 19.3. The van der Waals surface area contributed by atoms with Crippen LogP contribution >= 0.6 is 0 Å². The Morgan fingerprint density at radius 3 is 1.28 bits per heavy atom. The molecule has 0 saturated carbocycles. The summed E-state index contributed by atoms with van der Waals surface area (Å²) in [5.74, 6) is 0. The molecule has 1 nitrogen and oxygen atoms in total. The van der Waals surface area contributed by atoms with Gasteiger partial charge in [0.1, 0.15) is 0 Å². The van der Waals surface area contributed by atoms with E-state index in [1.54, 1.807) is 12.1 Å². The molecule has 0 heterocycles. The smallest absolute Gasteiger partial charge is 0.372 e. The SMILES string of the molecule is OC(c1ccccc1)(c1ccccc1)C(F)(F)[18F]. The van der Waals surface area contributed by atoms with Gasteiger partial charge in [-0.25, -0.2) is 0 Å². The van der Waals surface area contributed by atoms with E-state index in [2.05, 4.69) is 0 Å². The van der Waals surface area contributed by atoms with Crippen LogP contribution in [0.4, 0.5) is 13.2 Å². The van der Waals surface area contributed by atoms with Crippen LogP contribution in [-0.4, -0.2) is 11.3 Å². The topological polar surface area (TPSA) is 20.2 Å². The van der Waals surface area contributed by atoms with Crippen molar-refractivity contribution in [1.29, 1.82) is 0 Å². The first-order valence-corrected chi connectivity index (χ1v) is 5.36. The number of aliphatic hydroxyl groups is 1. The Morgan fingerprint density at radius 2 is 1.00 bits per heavy atom. The van der Waals surface area contributed by atoms with Crippen LogP contribution in [0.25, 0.3) is 0 Å². The number of hydrogen-bond donors (Lipinski definition) is 1. The molecule has 0 fully saturated rings. The number of hydrogen-bond acceptors (Lipinski definition) is 1. The molecule has 2 aromatic rings. The van der Waals surface area contributed by atoms with Gasteiger partial charge in [0, 0.05) is 0 Å². The predicted molar refractivity (Wildman–Crippen MR) is 61.9 cm³/mol. The first-order chi connectivity index (χ1) is 8.46. The molecule has 0 aliphatic carbocycles. The van der Waals surface area contributed by atoms with Crippen LogP contribution in [0.2, 0.25) is 0 Å². The van der Waals surface area contributed by atoms with Gasteiger partial charge >= 0.3 is 6.18 Å². The maximum atomic E-state index is 13.2. The minimum Gasteiger partial charge on any atom is -0.372 e. The van der Waals surface area contributed by atoms with E-state index in [0.717, 1.165) is 0 Å². The summed E-state index contributed by atoms with van der Waals surface area (Å²) in [6.07, 6.45) is -4.78. The van der Waals surface area contributed by atoms with E-state index in [0.29, 0.717) is 0 Å². The van der Waals surface area contributed by atoms with Gasteiger partial charge < -0.3 is 5.11 Å². The van der Waals surface area contributed by atoms with Crippen LogP contribution < -0.4 is 0 Å². The fraction of sp³-hybridized carbons (Fsp3) is 0.143. The Balaban J connectivity index is 2.63. The fourth-order valence-electron chi connectivity index (χ4n) is 1.85. The van der Waals surface area contributed by atoms with Crippen molar-refractivity contribution < 1.29 is 18.3 Å². The van der Waals surface area contributed by atoms with E-state index < -0.39 is 11.8 Å². The largest absolute Gasteiger partial charge is 0.425 e. The molecular formula is C14H11F3O. The molecule has 0 radical (unpaired) electrons. The monoisotopic (exact) mass is 251 g/mol. The fourth-order valence-corrected chi connectivity index (χ4v) is 1.85. The molecule has 0 unspecified atom stereocenters. The van der Waals surface area contributed by atoms with Crippen molar-refractivity contribution in [3.63, 3.8) is 0 Å². The van der Waals surface area contributed by atoms with Gasteiger partial charge in [-0.1, -0.05) is 60.7 Å². The molecular weight excluding hydrogens is 240 g/mol. The van der Waals surface area contributed by atoms with E-state index in [9.17, 15) is 18.3 Å². The average molecular weight is 251 g/mol. The molecule has 0 amide bonds. The third kappa shape index (κ3) is 1.99. The minimum absolute atomic E-state index is 0.191. The van der Waals surface area contributed by atoms with Gasteiger partial charge in [-0.05, 0) is 11.1 Å². The van der Waals surface area contributed by atoms with Crippen molar-refractivity contribution in [3.8, 4) is 0 Å². The lowest BCUT2D eigenvalue weighted by molar-refractivity contribution is -0.248. The van der Waals surface area contributed by atoms with Crippen LogP contribution in [0.5, 0.6) is 0 Å². The number of rotatable bonds is 2. The summed E-state index contributed by atoms with van der Waals surface area (Å²) in [7, 11) is 0. The Bertz CT molecular complexity index is 466. The van der Waals surface area contributed by atoms with Crippen molar-refractivity contribution in [3.05, 3.63) is 71.8 Å². The molecule has 0 atom stereocenters. The molecule has 94 valence electrons. The molecule has 2 aromatic carbocycles. The van der Waals surface area contributed by atoms with E-state index in [4.69, 9.17) is 0 Å². The zero-order chi connectivity index (χ0) is 13.2. The lowest BCUT2D eigenvalue weighted by Crippen LogP contribution is -2.43. The molecule has 0 saturated heterocycles. The molecule has 18 heavy (non-hydrogen) atoms. The molecule has 0 bridgehead atoms. The lowest BCUT2D eigenvalue weighted by Gasteiger charge is -2.31. The Kier molecular flexibility index (Phi) is 3.13. The second-order valence-corrected chi connectivity index (χ2v) is 3.94. The van der Waals surface area contributed by atoms with Crippen molar-refractivity contribution in [2.75, 3.05) is 0 Å². The highest BCUT2D eigenvalue weighted by molar-refractivity contribution is 5.37. The normalized spacial score (nSPS) is 12.4. The first-order valence-electron chi connectivity index (χ1n) is 5.36. The molecule has 2 rings (SSSR count). The Hall–Kier alpha value is -1.81. The van der Waals surface area contributed by atoms with E-state index in [-0.39, 0.29) is 11.1 Å². The summed E-state index contributed by atoms with van der Waals surface area (Å²) in [4.78, 5) is 0. The highest BCUT2D eigenvalue weighted by Crippen LogP contribution is 2.43. The summed E-state index contributed by atoms with van der Waals surface area (Å²) in [5, 5.41) is 10.2. The number of alkyl halides is 3. The van der Waals surface area contributed by atoms with Crippen LogP contribution in [-0.2, 0) is 5.60 Å². The van der Waals surface area contributed by atoms with Crippen molar-refractivity contribution >= 4 is 0 Å². The van der Waals surface area contributed by atoms with Crippen LogP contribution in [0, 0.1) is 0 Å². The Labute approximate surface area is 103 Å². The second-order valence-electron chi connectivity index (χ2n) is 3.94. The quantitative estimate of drug-likeness (QED) is 0.866. The van der Waals surface area contributed by atoms with Gasteiger partial charge in [0.05, 0.1) is 0 Å². The third-order valence-corrected chi connectivity index (χ3v) is 2.79. The van der Waals surface area contributed by atoms with Gasteiger partial charge in [0.25, 0.3) is 0 Å². The molecule has 0 aliphatic heterocycles. The molecule has 1 N–H and O–H groups in total. The minimum atomic E-state index is -4.78. The summed E-state index contributed by atoms with van der Waals surface area (Å²) in [6, 6.07) is 14.1. The van der Waals surface area contributed by atoms with E-state index >= 15 is 0 Å². The van der Waals surface area contributed by atoms with Crippen molar-refractivity contribution in [2.24, 2.45) is 0 Å². The summed E-state index contributed by atoms with van der Waals surface area (Å²) in [5.41, 5.74) is -3.36. The third-order valence-electron chi connectivity index (χ3n) is 2.79. The van der Waals surface area contributed by atoms with E-state index in [1.807, 2.05) is 0 Å². The van der Waals surface area contributed by atoms with Crippen molar-refractivity contribution in [1.82, 2.24) is 0 Å². The second kappa shape index (κ2) is 4.46. The predicted octanol–water partition coefficient (Wildman–Crippen LogP) is 3.48. The summed E-state index contributed by atoms with van der Waals surface area (Å²) in [6.45, 7) is 0. The summed E-state index contributed by atoms with van der Waals surface area (Å²) >= 11 is 0. The molecule has 0 aliphatic rings. The zero-order valence-electron chi connectivity index (χ0n) is 9.35. The zero-order valence-corrected chi connectivity index (χ0v) is 9.35. The maximum absolute atomic E-state index is 13.2. The number of benzene rings is 2. The van der Waals surface area contributed by atoms with Gasteiger partial charge in [0.15, 0.2) is 0 Å². The van der Waals surface area contributed by atoms with Gasteiger partial charge in [-0.2, -0.15) is 13.2 Å². The van der Waals surface area contributed by atoms with Crippen LogP contribution in [0.15, 0.2) is 60.7 Å². The summed E-state index contributed by atoms with van der Waals surface area (Å²) < 4.78 is 39.7. The molecule has 4 heteroatoms. The van der Waals surface area contributed by atoms with E-state index in [1.165, 1.54) is 48.5 Å². The van der Waals surface area contributed by atoms with Crippen LogP contribution in [0.1, 0.15) is 11.1 Å². The standard InChI is InChI=1S/C14H11F3O/c15-14(16,17)13(18,11-7-3-1-4-8-11)12-9-5-2-6-10-12/h1-10,18H/i15-1. The van der Waals surface area contributed by atoms with Gasteiger partial charge in [-0.15, -0.1) is 0 Å². The van der Waals surface area contributed by atoms with Crippen LogP contribution in [0.3, 0.4) is 0 Å². The molecule has 0 aromatic heterocycles. The first kappa shape index (κ1) is 12.6. The Morgan fingerprint density at radius 1 is 0.667 bits per heavy atom. The number of halogens is 3.